The molecule has 0 heterocycles. The predicted molar refractivity (Wildman–Crippen MR) is 82.9 cm³/mol. The van der Waals surface area contributed by atoms with Crippen LogP contribution in [0.4, 0.5) is 10.1 Å². The van der Waals surface area contributed by atoms with Gasteiger partial charge < -0.3 is 10.4 Å². The van der Waals surface area contributed by atoms with E-state index in [4.69, 9.17) is 5.11 Å². The second kappa shape index (κ2) is 5.89. The van der Waals surface area contributed by atoms with Gasteiger partial charge in [0.05, 0.1) is 12.0 Å². The van der Waals surface area contributed by atoms with Crippen LogP contribution < -0.4 is 5.32 Å². The van der Waals surface area contributed by atoms with Gasteiger partial charge in [-0.3, -0.25) is 4.79 Å². The summed E-state index contributed by atoms with van der Waals surface area (Å²) in [5, 5.41) is 12.1. The van der Waals surface area contributed by atoms with Gasteiger partial charge in [0.25, 0.3) is 0 Å². The van der Waals surface area contributed by atoms with Crippen LogP contribution in [-0.4, -0.2) is 11.0 Å². The summed E-state index contributed by atoms with van der Waals surface area (Å²) in [6, 6.07) is 13.3. The summed E-state index contributed by atoms with van der Waals surface area (Å²) >= 11 is 0. The van der Waals surface area contributed by atoms with Crippen molar-refractivity contribution < 1.29 is 14.3 Å². The van der Waals surface area contributed by atoms with E-state index in [1.807, 2.05) is 0 Å². The van der Waals surface area contributed by atoms with Crippen LogP contribution in [0.3, 0.4) is 0 Å². The summed E-state index contributed by atoms with van der Waals surface area (Å²) in [5.41, 5.74) is 1.71. The molecular formula is C18H18FNO2. The molecule has 1 amide bonds. The van der Waals surface area contributed by atoms with Crippen LogP contribution in [0, 0.1) is 5.82 Å². The van der Waals surface area contributed by atoms with Crippen molar-refractivity contribution in [1.82, 2.24) is 0 Å². The summed E-state index contributed by atoms with van der Waals surface area (Å²) in [7, 11) is 0. The molecule has 0 radical (unpaired) electrons. The molecule has 0 spiro atoms. The molecule has 0 aliphatic heterocycles. The van der Waals surface area contributed by atoms with Gasteiger partial charge in [-0.2, -0.15) is 0 Å². The molecule has 0 aromatic heterocycles. The third-order valence-corrected chi connectivity index (χ3v) is 4.41. The number of halogens is 1. The van der Waals surface area contributed by atoms with Crippen LogP contribution in [0.1, 0.15) is 30.4 Å². The second-order valence-corrected chi connectivity index (χ2v) is 5.76. The van der Waals surface area contributed by atoms with Crippen LogP contribution >= 0.6 is 0 Å². The van der Waals surface area contributed by atoms with Gasteiger partial charge in [-0.05, 0) is 48.2 Å². The predicted octanol–water partition coefficient (Wildman–Crippen LogP) is 3.38. The molecule has 2 aromatic rings. The van der Waals surface area contributed by atoms with Crippen molar-refractivity contribution in [2.24, 2.45) is 0 Å². The number of anilines is 1. The molecule has 3 rings (SSSR count). The minimum absolute atomic E-state index is 0.0627. The molecule has 114 valence electrons. The van der Waals surface area contributed by atoms with E-state index in [0.717, 1.165) is 30.4 Å². The molecular weight excluding hydrogens is 281 g/mol. The molecule has 1 aliphatic carbocycles. The Labute approximate surface area is 128 Å². The van der Waals surface area contributed by atoms with Crippen LogP contribution in [0.15, 0.2) is 48.5 Å². The Kier molecular flexibility index (Phi) is 3.94. The maximum absolute atomic E-state index is 13.1. The van der Waals surface area contributed by atoms with E-state index < -0.39 is 5.41 Å². The SMILES string of the molecule is O=C(Nc1cccc(CO)c1)C1(c2ccc(F)cc2)CCC1. The van der Waals surface area contributed by atoms with Gasteiger partial charge in [-0.15, -0.1) is 0 Å². The Balaban J connectivity index is 1.84. The van der Waals surface area contributed by atoms with E-state index in [-0.39, 0.29) is 18.3 Å². The quantitative estimate of drug-likeness (QED) is 0.909. The Morgan fingerprint density at radius 2 is 1.91 bits per heavy atom. The van der Waals surface area contributed by atoms with Gasteiger partial charge in [-0.25, -0.2) is 4.39 Å². The fourth-order valence-electron chi connectivity index (χ4n) is 2.94. The number of carbonyl (C=O) groups excluding carboxylic acids is 1. The topological polar surface area (TPSA) is 49.3 Å². The van der Waals surface area contributed by atoms with E-state index in [0.29, 0.717) is 5.69 Å². The Morgan fingerprint density at radius 1 is 1.18 bits per heavy atom. The molecule has 4 heteroatoms. The molecule has 1 saturated carbocycles. The van der Waals surface area contributed by atoms with Crippen molar-refractivity contribution in [2.75, 3.05) is 5.32 Å². The average Bonchev–Trinajstić information content (AvgIpc) is 2.48. The van der Waals surface area contributed by atoms with Crippen LogP contribution in [-0.2, 0) is 16.8 Å². The van der Waals surface area contributed by atoms with Crippen molar-refractivity contribution in [2.45, 2.75) is 31.3 Å². The molecule has 0 bridgehead atoms. The highest BCUT2D eigenvalue weighted by Gasteiger charge is 2.45. The molecule has 1 fully saturated rings. The van der Waals surface area contributed by atoms with Gasteiger partial charge in [0.1, 0.15) is 5.82 Å². The maximum Gasteiger partial charge on any atom is 0.235 e. The Bertz CT molecular complexity index is 678. The molecule has 1 aliphatic rings. The zero-order valence-electron chi connectivity index (χ0n) is 12.2. The summed E-state index contributed by atoms with van der Waals surface area (Å²) < 4.78 is 13.1. The van der Waals surface area contributed by atoms with Crippen LogP contribution in [0.5, 0.6) is 0 Å². The van der Waals surface area contributed by atoms with Crippen molar-refractivity contribution in [3.63, 3.8) is 0 Å². The first-order valence-electron chi connectivity index (χ1n) is 7.41. The normalized spacial score (nSPS) is 15.9. The smallest absolute Gasteiger partial charge is 0.235 e. The first-order valence-corrected chi connectivity index (χ1v) is 7.41. The van der Waals surface area contributed by atoms with E-state index in [1.54, 1.807) is 36.4 Å². The van der Waals surface area contributed by atoms with E-state index in [9.17, 15) is 9.18 Å². The van der Waals surface area contributed by atoms with Gasteiger partial charge in [0.15, 0.2) is 0 Å². The van der Waals surface area contributed by atoms with Crippen LogP contribution in [0.2, 0.25) is 0 Å². The summed E-state index contributed by atoms with van der Waals surface area (Å²) in [5.74, 6) is -0.366. The van der Waals surface area contributed by atoms with Crippen molar-refractivity contribution in [1.29, 1.82) is 0 Å². The summed E-state index contributed by atoms with van der Waals surface area (Å²) in [4.78, 5) is 12.7. The zero-order valence-corrected chi connectivity index (χ0v) is 12.2. The lowest BCUT2D eigenvalue weighted by Gasteiger charge is -2.40. The van der Waals surface area contributed by atoms with E-state index in [2.05, 4.69) is 5.32 Å². The average molecular weight is 299 g/mol. The molecule has 22 heavy (non-hydrogen) atoms. The minimum Gasteiger partial charge on any atom is -0.392 e. The van der Waals surface area contributed by atoms with Crippen molar-refractivity contribution >= 4 is 11.6 Å². The lowest BCUT2D eigenvalue weighted by atomic mass is 9.64. The minimum atomic E-state index is -0.567. The highest BCUT2D eigenvalue weighted by atomic mass is 19.1. The largest absolute Gasteiger partial charge is 0.392 e. The molecule has 0 saturated heterocycles. The third-order valence-electron chi connectivity index (χ3n) is 4.41. The van der Waals surface area contributed by atoms with Gasteiger partial charge in [0, 0.05) is 5.69 Å². The monoisotopic (exact) mass is 299 g/mol. The molecule has 0 unspecified atom stereocenters. The highest BCUT2D eigenvalue weighted by Crippen LogP contribution is 2.44. The number of benzene rings is 2. The number of hydrogen-bond donors (Lipinski definition) is 2. The Morgan fingerprint density at radius 3 is 2.50 bits per heavy atom. The zero-order chi connectivity index (χ0) is 15.6. The van der Waals surface area contributed by atoms with Gasteiger partial charge >= 0.3 is 0 Å². The number of carbonyl (C=O) groups is 1. The highest BCUT2D eigenvalue weighted by molar-refractivity contribution is 6.00. The number of aliphatic hydroxyl groups excluding tert-OH is 1. The maximum atomic E-state index is 13.1. The van der Waals surface area contributed by atoms with E-state index in [1.165, 1.54) is 12.1 Å². The Hall–Kier alpha value is -2.20. The number of nitrogens with one attached hydrogen (secondary N) is 1. The molecule has 2 N–H and O–H groups in total. The summed E-state index contributed by atoms with van der Waals surface area (Å²) in [6.45, 7) is -0.0627. The number of hydrogen-bond acceptors (Lipinski definition) is 2. The first-order chi connectivity index (χ1) is 10.6. The third kappa shape index (κ3) is 2.62. The molecule has 2 aromatic carbocycles. The fraction of sp³-hybridized carbons (Fsp3) is 0.278. The van der Waals surface area contributed by atoms with Gasteiger partial charge in [-0.1, -0.05) is 30.7 Å². The second-order valence-electron chi connectivity index (χ2n) is 5.76. The standard InChI is InChI=1S/C18H18FNO2/c19-15-7-5-14(6-8-15)18(9-2-10-18)17(22)20-16-4-1-3-13(11-16)12-21/h1,3-8,11,21H,2,9-10,12H2,(H,20,22). The van der Waals surface area contributed by atoms with Crippen molar-refractivity contribution in [3.05, 3.63) is 65.5 Å². The number of rotatable bonds is 4. The number of amides is 1. The lowest BCUT2D eigenvalue weighted by Crippen LogP contribution is -2.46. The fourth-order valence-corrected chi connectivity index (χ4v) is 2.94. The lowest BCUT2D eigenvalue weighted by molar-refractivity contribution is -0.124. The number of aliphatic hydroxyl groups is 1. The first kappa shape index (κ1) is 14.7. The van der Waals surface area contributed by atoms with Crippen molar-refractivity contribution in [3.8, 4) is 0 Å². The van der Waals surface area contributed by atoms with Gasteiger partial charge in [0.2, 0.25) is 5.91 Å². The molecule has 3 nitrogen and oxygen atoms in total. The van der Waals surface area contributed by atoms with Crippen LogP contribution in [0.25, 0.3) is 0 Å². The summed E-state index contributed by atoms with van der Waals surface area (Å²) in [6.07, 6.45) is 2.52. The van der Waals surface area contributed by atoms with E-state index >= 15 is 0 Å². The molecule has 0 atom stereocenters.